The zero-order valence-corrected chi connectivity index (χ0v) is 12.3. The van der Waals surface area contributed by atoms with Crippen LogP contribution in [0.3, 0.4) is 0 Å². The van der Waals surface area contributed by atoms with Gasteiger partial charge in [0.05, 0.1) is 18.8 Å². The Morgan fingerprint density at radius 2 is 1.90 bits per heavy atom. The highest BCUT2D eigenvalue weighted by atomic mass is 16.5. The number of hydrogen-bond acceptors (Lipinski definition) is 2. The molecule has 0 aromatic heterocycles. The van der Waals surface area contributed by atoms with Gasteiger partial charge in [0.25, 0.3) is 0 Å². The van der Waals surface area contributed by atoms with Gasteiger partial charge in [0.2, 0.25) is 0 Å². The Balaban J connectivity index is 1.90. The third-order valence-electron chi connectivity index (χ3n) is 4.87. The largest absolute Gasteiger partial charge is 0.394 e. The van der Waals surface area contributed by atoms with Gasteiger partial charge in [-0.25, -0.2) is 0 Å². The molecule has 1 N–H and O–H groups in total. The predicted octanol–water partition coefficient (Wildman–Crippen LogP) is 3.51. The number of fused-ring (bicyclic) bond motifs is 5. The Morgan fingerprint density at radius 1 is 1.10 bits per heavy atom. The minimum Gasteiger partial charge on any atom is -0.394 e. The fraction of sp³-hybridized carbons (Fsp3) is 0.368. The molecule has 4 rings (SSSR count). The maximum atomic E-state index is 9.51. The lowest BCUT2D eigenvalue weighted by molar-refractivity contribution is 0.00839. The second kappa shape index (κ2) is 4.97. The lowest BCUT2D eigenvalue weighted by Crippen LogP contribution is -2.11. The third kappa shape index (κ3) is 2.10. The molecule has 1 saturated heterocycles. The van der Waals surface area contributed by atoms with Gasteiger partial charge in [-0.05, 0) is 42.0 Å². The summed E-state index contributed by atoms with van der Waals surface area (Å²) in [5.41, 5.74) is 6.74. The highest BCUT2D eigenvalue weighted by molar-refractivity contribution is 5.46. The molecule has 0 radical (unpaired) electrons. The van der Waals surface area contributed by atoms with E-state index in [0.717, 1.165) is 12.8 Å². The topological polar surface area (TPSA) is 29.5 Å². The second-order valence-electron chi connectivity index (χ2n) is 6.28. The summed E-state index contributed by atoms with van der Waals surface area (Å²) in [7, 11) is 0. The molecule has 3 atom stereocenters. The van der Waals surface area contributed by atoms with E-state index in [2.05, 4.69) is 49.4 Å². The number of benzene rings is 2. The van der Waals surface area contributed by atoms with Crippen LogP contribution in [0.2, 0.25) is 0 Å². The predicted molar refractivity (Wildman–Crippen MR) is 82.5 cm³/mol. The molecule has 0 amide bonds. The zero-order valence-electron chi connectivity index (χ0n) is 12.3. The van der Waals surface area contributed by atoms with Crippen LogP contribution in [-0.2, 0) is 11.2 Å². The zero-order chi connectivity index (χ0) is 14.4. The van der Waals surface area contributed by atoms with Crippen molar-refractivity contribution in [1.29, 1.82) is 0 Å². The highest BCUT2D eigenvalue weighted by Gasteiger charge is 2.40. The van der Waals surface area contributed by atoms with E-state index in [1.165, 1.54) is 27.8 Å². The van der Waals surface area contributed by atoms with Crippen LogP contribution in [-0.4, -0.2) is 17.8 Å². The smallest absolute Gasteiger partial charge is 0.0902 e. The summed E-state index contributed by atoms with van der Waals surface area (Å²) < 4.78 is 6.18. The van der Waals surface area contributed by atoms with Crippen molar-refractivity contribution >= 4 is 0 Å². The summed E-state index contributed by atoms with van der Waals surface area (Å²) in [6.45, 7) is 2.24. The van der Waals surface area contributed by atoms with Gasteiger partial charge in [0, 0.05) is 5.92 Å². The summed E-state index contributed by atoms with van der Waals surface area (Å²) in [5.74, 6) is 0.362. The summed E-state index contributed by atoms with van der Waals surface area (Å²) >= 11 is 0. The average molecular weight is 280 g/mol. The molecule has 1 aliphatic heterocycles. The Labute approximate surface area is 125 Å². The number of aryl methyl sites for hydroxylation is 1. The normalized spacial score (nSPS) is 26.7. The first-order valence-corrected chi connectivity index (χ1v) is 7.70. The number of rotatable bonds is 1. The van der Waals surface area contributed by atoms with Gasteiger partial charge in [0.1, 0.15) is 0 Å². The Hall–Kier alpha value is -1.64. The Bertz CT molecular complexity index is 677. The van der Waals surface area contributed by atoms with Crippen LogP contribution >= 0.6 is 0 Å². The van der Waals surface area contributed by atoms with Crippen LogP contribution in [0.5, 0.6) is 0 Å². The molecule has 0 spiro atoms. The van der Waals surface area contributed by atoms with E-state index in [-0.39, 0.29) is 18.8 Å². The van der Waals surface area contributed by atoms with Crippen LogP contribution in [0.1, 0.15) is 46.3 Å². The molecule has 1 heterocycles. The minimum atomic E-state index is -0.0421. The second-order valence-corrected chi connectivity index (χ2v) is 6.28. The van der Waals surface area contributed by atoms with Gasteiger partial charge in [-0.3, -0.25) is 0 Å². The third-order valence-corrected chi connectivity index (χ3v) is 4.87. The van der Waals surface area contributed by atoms with Crippen molar-refractivity contribution in [3.8, 4) is 0 Å². The molecule has 108 valence electrons. The lowest BCUT2D eigenvalue weighted by Gasteiger charge is -2.19. The van der Waals surface area contributed by atoms with Crippen molar-refractivity contribution in [2.24, 2.45) is 0 Å². The standard InChI is InChI=1S/C19H20O2/c1-12-6-7-14-9-13-4-2-3-5-16(13)18-10-15(11-20)21-19(18)17(14)8-12/h2-8,15,18-20H,9-11H2,1H3/t15-,18+,19-/m1/s1. The van der Waals surface area contributed by atoms with Crippen molar-refractivity contribution < 1.29 is 9.84 Å². The first-order valence-electron chi connectivity index (χ1n) is 7.70. The van der Waals surface area contributed by atoms with Crippen molar-refractivity contribution in [3.05, 3.63) is 70.3 Å². The summed E-state index contributed by atoms with van der Waals surface area (Å²) in [5, 5.41) is 9.51. The van der Waals surface area contributed by atoms with Gasteiger partial charge >= 0.3 is 0 Å². The summed E-state index contributed by atoms with van der Waals surface area (Å²) in [6.07, 6.45) is 1.93. The fourth-order valence-corrected chi connectivity index (χ4v) is 3.86. The number of aliphatic hydroxyl groups is 1. The molecule has 2 nitrogen and oxygen atoms in total. The molecule has 2 heteroatoms. The highest BCUT2D eigenvalue weighted by Crippen LogP contribution is 2.49. The first kappa shape index (κ1) is 13.1. The molecule has 1 aliphatic carbocycles. The van der Waals surface area contributed by atoms with E-state index in [4.69, 9.17) is 4.74 Å². The van der Waals surface area contributed by atoms with Gasteiger partial charge in [-0.1, -0.05) is 48.0 Å². The molecular weight excluding hydrogens is 260 g/mol. The van der Waals surface area contributed by atoms with Gasteiger partial charge in [-0.2, -0.15) is 0 Å². The van der Waals surface area contributed by atoms with E-state index >= 15 is 0 Å². The van der Waals surface area contributed by atoms with E-state index < -0.39 is 0 Å². The minimum absolute atomic E-state index is 0.0421. The maximum Gasteiger partial charge on any atom is 0.0902 e. The van der Waals surface area contributed by atoms with E-state index in [1.807, 2.05) is 0 Å². The molecule has 0 unspecified atom stereocenters. The molecule has 0 saturated carbocycles. The molecular formula is C19H20O2. The molecule has 2 aromatic rings. The van der Waals surface area contributed by atoms with Crippen molar-refractivity contribution in [2.45, 2.75) is 37.9 Å². The Morgan fingerprint density at radius 3 is 2.76 bits per heavy atom. The fourth-order valence-electron chi connectivity index (χ4n) is 3.86. The number of hydrogen-bond donors (Lipinski definition) is 1. The summed E-state index contributed by atoms with van der Waals surface area (Å²) in [4.78, 5) is 0. The quantitative estimate of drug-likeness (QED) is 0.866. The van der Waals surface area contributed by atoms with Crippen molar-refractivity contribution in [2.75, 3.05) is 6.61 Å². The van der Waals surface area contributed by atoms with Gasteiger partial charge < -0.3 is 9.84 Å². The molecule has 2 aliphatic rings. The molecule has 21 heavy (non-hydrogen) atoms. The van der Waals surface area contributed by atoms with Crippen LogP contribution < -0.4 is 0 Å². The lowest BCUT2D eigenvalue weighted by atomic mass is 9.87. The van der Waals surface area contributed by atoms with E-state index in [0.29, 0.717) is 5.92 Å². The number of ether oxygens (including phenoxy) is 1. The first-order chi connectivity index (χ1) is 10.3. The van der Waals surface area contributed by atoms with Crippen LogP contribution in [0.25, 0.3) is 0 Å². The molecule has 2 aromatic carbocycles. The van der Waals surface area contributed by atoms with Crippen molar-refractivity contribution in [3.63, 3.8) is 0 Å². The number of aliphatic hydroxyl groups excluding tert-OH is 1. The van der Waals surface area contributed by atoms with Crippen LogP contribution in [0.4, 0.5) is 0 Å². The average Bonchev–Trinajstić information content (AvgIpc) is 2.89. The molecule has 0 bridgehead atoms. The SMILES string of the molecule is Cc1ccc2c(c1)[C@H]1O[C@@H](CO)C[C@H]1c1ccccc1C2. The monoisotopic (exact) mass is 280 g/mol. The van der Waals surface area contributed by atoms with Crippen molar-refractivity contribution in [1.82, 2.24) is 0 Å². The summed E-state index contributed by atoms with van der Waals surface area (Å²) in [6, 6.07) is 15.4. The van der Waals surface area contributed by atoms with Crippen LogP contribution in [0, 0.1) is 6.92 Å². The van der Waals surface area contributed by atoms with Gasteiger partial charge in [-0.15, -0.1) is 0 Å². The Kier molecular flexibility index (Phi) is 3.09. The van der Waals surface area contributed by atoms with E-state index in [9.17, 15) is 5.11 Å². The maximum absolute atomic E-state index is 9.51. The van der Waals surface area contributed by atoms with Crippen LogP contribution in [0.15, 0.2) is 42.5 Å². The van der Waals surface area contributed by atoms with Gasteiger partial charge in [0.15, 0.2) is 0 Å². The van der Waals surface area contributed by atoms with E-state index in [1.54, 1.807) is 0 Å². The molecule has 1 fully saturated rings.